The molecule has 0 bridgehead atoms. The lowest BCUT2D eigenvalue weighted by Gasteiger charge is -2.28. The molecule has 0 spiro atoms. The zero-order valence-corrected chi connectivity index (χ0v) is 21.6. The number of amides is 1. The minimum absolute atomic E-state index is 0.0154. The highest BCUT2D eigenvalue weighted by Crippen LogP contribution is 2.33. The lowest BCUT2D eigenvalue weighted by Crippen LogP contribution is -2.37. The fourth-order valence-corrected chi connectivity index (χ4v) is 7.61. The molecule has 1 N–H and O–H groups in total. The van der Waals surface area contributed by atoms with Gasteiger partial charge >= 0.3 is 0 Å². The second-order valence-corrected chi connectivity index (χ2v) is 13.0. The number of rotatable bonds is 7. The van der Waals surface area contributed by atoms with E-state index in [9.17, 15) is 18.0 Å². The van der Waals surface area contributed by atoms with Crippen molar-refractivity contribution in [3.8, 4) is 0 Å². The number of carbonyl (C=O) groups is 1. The Hall–Kier alpha value is -1.75. The molecule has 1 saturated heterocycles. The predicted octanol–water partition coefficient (Wildman–Crippen LogP) is 4.37. The third-order valence-electron chi connectivity index (χ3n) is 6.77. The van der Waals surface area contributed by atoms with Crippen molar-refractivity contribution in [2.45, 2.75) is 74.5 Å². The van der Waals surface area contributed by atoms with E-state index in [2.05, 4.69) is 10.3 Å². The van der Waals surface area contributed by atoms with E-state index < -0.39 is 26.7 Å². The number of sulfone groups is 1. The third-order valence-corrected chi connectivity index (χ3v) is 10.0. The van der Waals surface area contributed by atoms with Crippen LogP contribution in [0.25, 0.3) is 0 Å². The topological polar surface area (TPSA) is 107 Å². The number of hydrogen-bond donors (Lipinski definition) is 1. The molecule has 8 nitrogen and oxygen atoms in total. The van der Waals surface area contributed by atoms with Crippen molar-refractivity contribution in [2.75, 3.05) is 18.5 Å². The summed E-state index contributed by atoms with van der Waals surface area (Å²) in [5.41, 5.74) is -0.0370. The van der Waals surface area contributed by atoms with E-state index in [1.165, 1.54) is 29.3 Å². The number of nitrogens with one attached hydrogen (secondary N) is 1. The molecule has 0 aromatic carbocycles. The van der Waals surface area contributed by atoms with Crippen LogP contribution in [0.5, 0.6) is 0 Å². The monoisotopic (exact) mass is 527 g/mol. The minimum atomic E-state index is -3.66. The molecule has 1 unspecified atom stereocenters. The van der Waals surface area contributed by atoms with Gasteiger partial charge < -0.3 is 14.6 Å². The molecule has 4 rings (SSSR count). The SMILES string of the molecule is Cc1cc(S(=O)(=O)C2CCOCC2)cc(=O)n1C(CC1CCCCC1)C(=O)Nc1ncc(Cl)s1. The van der Waals surface area contributed by atoms with Crippen molar-refractivity contribution < 1.29 is 17.9 Å². The van der Waals surface area contributed by atoms with Gasteiger partial charge in [-0.2, -0.15) is 0 Å². The summed E-state index contributed by atoms with van der Waals surface area (Å²) in [5.74, 6) is -0.0249. The molecule has 2 fully saturated rings. The molecule has 1 aliphatic heterocycles. The molecule has 1 aliphatic carbocycles. The summed E-state index contributed by atoms with van der Waals surface area (Å²) in [6, 6.07) is 1.92. The number of aromatic nitrogens is 2. The molecule has 2 aliphatic rings. The number of halogens is 1. The van der Waals surface area contributed by atoms with Crippen LogP contribution in [0.3, 0.4) is 0 Å². The zero-order chi connectivity index (χ0) is 24.3. The molecule has 1 amide bonds. The minimum Gasteiger partial charge on any atom is -0.381 e. The number of pyridine rings is 1. The first-order chi connectivity index (χ1) is 16.3. The number of aryl methyl sites for hydroxylation is 1. The smallest absolute Gasteiger partial charge is 0.252 e. The fourth-order valence-electron chi connectivity index (χ4n) is 4.99. The first-order valence-electron chi connectivity index (χ1n) is 11.7. The van der Waals surface area contributed by atoms with Crippen molar-refractivity contribution >= 4 is 43.8 Å². The van der Waals surface area contributed by atoms with Gasteiger partial charge in [-0.05, 0) is 38.2 Å². The largest absolute Gasteiger partial charge is 0.381 e. The zero-order valence-electron chi connectivity index (χ0n) is 19.2. The van der Waals surface area contributed by atoms with Crippen LogP contribution in [-0.4, -0.2) is 42.3 Å². The van der Waals surface area contributed by atoms with Gasteiger partial charge in [0.05, 0.1) is 16.3 Å². The summed E-state index contributed by atoms with van der Waals surface area (Å²) < 4.78 is 33.5. The lowest BCUT2D eigenvalue weighted by atomic mass is 9.84. The highest BCUT2D eigenvalue weighted by atomic mass is 35.5. The van der Waals surface area contributed by atoms with Gasteiger partial charge in [0.1, 0.15) is 10.4 Å². The average Bonchev–Trinajstić information content (AvgIpc) is 3.23. The normalized spacial score (nSPS) is 19.1. The Labute approximate surface area is 208 Å². The number of ether oxygens (including phenoxy) is 1. The fraction of sp³-hybridized carbons (Fsp3) is 0.609. The van der Waals surface area contributed by atoms with Gasteiger partial charge in [-0.1, -0.05) is 55.0 Å². The van der Waals surface area contributed by atoms with E-state index >= 15 is 0 Å². The molecule has 1 atom stereocenters. The van der Waals surface area contributed by atoms with Crippen LogP contribution in [0.15, 0.2) is 28.0 Å². The summed E-state index contributed by atoms with van der Waals surface area (Å²) in [6.07, 6.45) is 8.22. The molecular weight excluding hydrogens is 498 g/mol. The molecular formula is C23H30ClN3O5S2. The van der Waals surface area contributed by atoms with E-state index in [1.807, 2.05) is 0 Å². The summed E-state index contributed by atoms with van der Waals surface area (Å²) in [7, 11) is -3.66. The van der Waals surface area contributed by atoms with Crippen LogP contribution in [0.1, 0.15) is 63.1 Å². The summed E-state index contributed by atoms with van der Waals surface area (Å²) in [6.45, 7) is 2.47. The molecule has 2 aromatic heterocycles. The summed E-state index contributed by atoms with van der Waals surface area (Å²) in [4.78, 5) is 30.8. The third kappa shape index (κ3) is 5.72. The second-order valence-electron chi connectivity index (χ2n) is 9.11. The van der Waals surface area contributed by atoms with Crippen LogP contribution in [-0.2, 0) is 19.4 Å². The Bertz CT molecular complexity index is 1180. The van der Waals surface area contributed by atoms with Gasteiger partial charge in [-0.3, -0.25) is 9.59 Å². The van der Waals surface area contributed by atoms with Crippen molar-refractivity contribution in [2.24, 2.45) is 5.92 Å². The van der Waals surface area contributed by atoms with Gasteiger partial charge in [0.15, 0.2) is 15.0 Å². The van der Waals surface area contributed by atoms with E-state index in [4.69, 9.17) is 16.3 Å². The lowest BCUT2D eigenvalue weighted by molar-refractivity contribution is -0.120. The first-order valence-corrected chi connectivity index (χ1v) is 14.5. The van der Waals surface area contributed by atoms with E-state index in [0.29, 0.717) is 53.6 Å². The van der Waals surface area contributed by atoms with Gasteiger partial charge in [0.2, 0.25) is 5.91 Å². The van der Waals surface area contributed by atoms with Crippen LogP contribution < -0.4 is 10.9 Å². The Balaban J connectivity index is 1.66. The summed E-state index contributed by atoms with van der Waals surface area (Å²) >= 11 is 7.11. The van der Waals surface area contributed by atoms with Crippen LogP contribution in [0.4, 0.5) is 5.13 Å². The second kappa shape index (κ2) is 10.9. The van der Waals surface area contributed by atoms with E-state index in [0.717, 1.165) is 37.0 Å². The summed E-state index contributed by atoms with van der Waals surface area (Å²) in [5, 5.41) is 2.60. The van der Waals surface area contributed by atoms with Crippen molar-refractivity contribution in [1.82, 2.24) is 9.55 Å². The van der Waals surface area contributed by atoms with E-state index in [-0.39, 0.29) is 10.8 Å². The maximum atomic E-state index is 13.4. The molecule has 2 aromatic rings. The van der Waals surface area contributed by atoms with Gasteiger partial charge in [0.25, 0.3) is 5.56 Å². The Morgan fingerprint density at radius 1 is 1.24 bits per heavy atom. The van der Waals surface area contributed by atoms with Crippen LogP contribution in [0, 0.1) is 12.8 Å². The average molecular weight is 528 g/mol. The van der Waals surface area contributed by atoms with Gasteiger partial charge in [0, 0.05) is 25.0 Å². The van der Waals surface area contributed by atoms with E-state index in [1.54, 1.807) is 6.92 Å². The number of carbonyl (C=O) groups excluding carboxylic acids is 1. The maximum Gasteiger partial charge on any atom is 0.252 e. The quantitative estimate of drug-likeness (QED) is 0.573. The Morgan fingerprint density at radius 3 is 2.56 bits per heavy atom. The number of thiazole rings is 1. The Morgan fingerprint density at radius 2 is 1.94 bits per heavy atom. The maximum absolute atomic E-state index is 13.4. The van der Waals surface area contributed by atoms with Crippen LogP contribution in [0.2, 0.25) is 4.34 Å². The molecule has 3 heterocycles. The van der Waals surface area contributed by atoms with Gasteiger partial charge in [-0.25, -0.2) is 13.4 Å². The van der Waals surface area contributed by atoms with Gasteiger partial charge in [-0.15, -0.1) is 0 Å². The van der Waals surface area contributed by atoms with Crippen molar-refractivity contribution in [3.63, 3.8) is 0 Å². The molecule has 11 heteroatoms. The highest BCUT2D eigenvalue weighted by molar-refractivity contribution is 7.92. The predicted molar refractivity (Wildman–Crippen MR) is 132 cm³/mol. The Kier molecular flexibility index (Phi) is 8.12. The molecule has 1 saturated carbocycles. The molecule has 186 valence electrons. The molecule has 34 heavy (non-hydrogen) atoms. The van der Waals surface area contributed by atoms with Crippen molar-refractivity contribution in [1.29, 1.82) is 0 Å². The first kappa shape index (κ1) is 25.3. The number of nitrogens with zero attached hydrogens (tertiary/aromatic N) is 2. The number of anilines is 1. The highest BCUT2D eigenvalue weighted by Gasteiger charge is 2.32. The number of hydrogen-bond acceptors (Lipinski definition) is 7. The van der Waals surface area contributed by atoms with Crippen LogP contribution >= 0.6 is 22.9 Å². The van der Waals surface area contributed by atoms with Crippen molar-refractivity contribution in [3.05, 3.63) is 38.7 Å². The molecule has 0 radical (unpaired) electrons. The standard InChI is InChI=1S/C23H30ClN3O5S2/c1-15-11-18(34(30,31)17-7-9-32-10-8-17)13-21(28)27(15)19(12-16-5-3-2-4-6-16)22(29)26-23-25-14-20(24)33-23/h11,13-14,16-17,19H,2-10,12H2,1H3,(H,25,26,29).